The van der Waals surface area contributed by atoms with Crippen LogP contribution in [0.4, 0.5) is 0 Å². The van der Waals surface area contributed by atoms with E-state index in [2.05, 4.69) is 57.2 Å². The molecule has 0 aliphatic heterocycles. The van der Waals surface area contributed by atoms with Gasteiger partial charge in [0.1, 0.15) is 13.2 Å². The summed E-state index contributed by atoms with van der Waals surface area (Å²) in [4.78, 5) is 38.2. The maximum Gasteiger partial charge on any atom is 0.306 e. The summed E-state index contributed by atoms with van der Waals surface area (Å²) >= 11 is 0. The largest absolute Gasteiger partial charge is 0.462 e. The molecule has 0 aromatic carbocycles. The van der Waals surface area contributed by atoms with Crippen molar-refractivity contribution in [3.8, 4) is 0 Å². The number of carbonyl (C=O) groups excluding carboxylic acids is 3. The first-order valence-corrected chi connectivity index (χ1v) is 29.5. The highest BCUT2D eigenvalue weighted by atomic mass is 16.6. The van der Waals surface area contributed by atoms with Gasteiger partial charge in [0.2, 0.25) is 0 Å². The molecule has 67 heavy (non-hydrogen) atoms. The first kappa shape index (κ1) is 64.6. The summed E-state index contributed by atoms with van der Waals surface area (Å²) in [6.07, 6.45) is 67.1. The van der Waals surface area contributed by atoms with Gasteiger partial charge in [0.25, 0.3) is 0 Å². The van der Waals surface area contributed by atoms with Crippen LogP contribution < -0.4 is 0 Å². The molecular formula is C61H112O6. The molecule has 0 saturated heterocycles. The van der Waals surface area contributed by atoms with Gasteiger partial charge in [-0.15, -0.1) is 0 Å². The number of hydrogen-bond acceptors (Lipinski definition) is 6. The number of hydrogen-bond donors (Lipinski definition) is 0. The highest BCUT2D eigenvalue weighted by Crippen LogP contribution is 2.17. The van der Waals surface area contributed by atoms with Crippen LogP contribution in [0.15, 0.2) is 36.5 Å². The van der Waals surface area contributed by atoms with Gasteiger partial charge in [-0.2, -0.15) is 0 Å². The van der Waals surface area contributed by atoms with Gasteiger partial charge in [0.15, 0.2) is 6.10 Å². The SMILES string of the molecule is CC/C=C\C/C=C\C/C=C\CCCCCCCC(=O)OC[C@H](COC(=O)CCCCCCCCCCCCCCCCCCCC)OC(=O)CCCCCCCCCCCCCCCCCC. The minimum absolute atomic E-state index is 0.0725. The Morgan fingerprint density at radius 2 is 0.582 bits per heavy atom. The van der Waals surface area contributed by atoms with Crippen molar-refractivity contribution in [1.29, 1.82) is 0 Å². The van der Waals surface area contributed by atoms with Gasteiger partial charge >= 0.3 is 17.9 Å². The van der Waals surface area contributed by atoms with Gasteiger partial charge in [-0.25, -0.2) is 0 Å². The van der Waals surface area contributed by atoms with Crippen LogP contribution in [0.25, 0.3) is 0 Å². The molecule has 6 heteroatoms. The fraction of sp³-hybridized carbons (Fsp3) is 0.852. The van der Waals surface area contributed by atoms with Crippen molar-refractivity contribution >= 4 is 17.9 Å². The Bertz CT molecular complexity index is 1130. The lowest BCUT2D eigenvalue weighted by molar-refractivity contribution is -0.167. The lowest BCUT2D eigenvalue weighted by atomic mass is 10.0. The Morgan fingerprint density at radius 3 is 0.910 bits per heavy atom. The van der Waals surface area contributed by atoms with Crippen LogP contribution >= 0.6 is 0 Å². The van der Waals surface area contributed by atoms with E-state index in [1.54, 1.807) is 0 Å². The molecule has 392 valence electrons. The topological polar surface area (TPSA) is 78.9 Å². The van der Waals surface area contributed by atoms with E-state index in [1.165, 1.54) is 180 Å². The van der Waals surface area contributed by atoms with Crippen molar-refractivity contribution in [1.82, 2.24) is 0 Å². The Labute approximate surface area is 416 Å². The number of unbranched alkanes of at least 4 members (excludes halogenated alkanes) is 37. The molecule has 0 fully saturated rings. The number of ether oxygens (including phenoxy) is 3. The second-order valence-electron chi connectivity index (χ2n) is 19.9. The van der Waals surface area contributed by atoms with Gasteiger partial charge in [0, 0.05) is 19.3 Å². The van der Waals surface area contributed by atoms with Crippen LogP contribution in [0.5, 0.6) is 0 Å². The quantitative estimate of drug-likeness (QED) is 0.0262. The number of carbonyl (C=O) groups is 3. The molecule has 0 spiro atoms. The normalized spacial score (nSPS) is 12.2. The molecule has 0 amide bonds. The Morgan fingerprint density at radius 1 is 0.313 bits per heavy atom. The lowest BCUT2D eigenvalue weighted by Gasteiger charge is -2.18. The van der Waals surface area contributed by atoms with Crippen molar-refractivity contribution in [3.63, 3.8) is 0 Å². The third-order valence-corrected chi connectivity index (χ3v) is 13.2. The first-order valence-electron chi connectivity index (χ1n) is 29.5. The lowest BCUT2D eigenvalue weighted by Crippen LogP contribution is -2.30. The van der Waals surface area contributed by atoms with Crippen LogP contribution in [0, 0.1) is 0 Å². The van der Waals surface area contributed by atoms with E-state index in [1.807, 2.05) is 0 Å². The average molecular weight is 942 g/mol. The van der Waals surface area contributed by atoms with Crippen molar-refractivity contribution in [2.75, 3.05) is 13.2 Å². The van der Waals surface area contributed by atoms with Crippen molar-refractivity contribution < 1.29 is 28.6 Å². The zero-order valence-electron chi connectivity index (χ0n) is 44.9. The fourth-order valence-electron chi connectivity index (χ4n) is 8.75. The predicted molar refractivity (Wildman–Crippen MR) is 289 cm³/mol. The van der Waals surface area contributed by atoms with Gasteiger partial charge < -0.3 is 14.2 Å². The molecule has 0 aliphatic carbocycles. The molecule has 0 aromatic rings. The Hall–Kier alpha value is -2.37. The summed E-state index contributed by atoms with van der Waals surface area (Å²) in [6.45, 7) is 6.57. The van der Waals surface area contributed by atoms with E-state index in [0.29, 0.717) is 19.3 Å². The minimum Gasteiger partial charge on any atom is -0.462 e. The first-order chi connectivity index (χ1) is 33.0. The number of rotatable bonds is 54. The van der Waals surface area contributed by atoms with Gasteiger partial charge in [-0.1, -0.05) is 282 Å². The van der Waals surface area contributed by atoms with E-state index in [9.17, 15) is 14.4 Å². The van der Waals surface area contributed by atoms with Crippen LogP contribution in [-0.4, -0.2) is 37.2 Å². The van der Waals surface area contributed by atoms with Crippen molar-refractivity contribution in [3.05, 3.63) is 36.5 Å². The molecule has 6 nitrogen and oxygen atoms in total. The average Bonchev–Trinajstić information content (AvgIpc) is 3.33. The predicted octanol–water partition coefficient (Wildman–Crippen LogP) is 19.7. The summed E-state index contributed by atoms with van der Waals surface area (Å²) in [5.41, 5.74) is 0. The second kappa shape index (κ2) is 56.2. The summed E-state index contributed by atoms with van der Waals surface area (Å²) in [7, 11) is 0. The summed E-state index contributed by atoms with van der Waals surface area (Å²) in [6, 6.07) is 0. The van der Waals surface area contributed by atoms with E-state index < -0.39 is 6.10 Å². The Kier molecular flexibility index (Phi) is 54.2. The third kappa shape index (κ3) is 54.4. The Balaban J connectivity index is 4.34. The maximum absolute atomic E-state index is 12.9. The van der Waals surface area contributed by atoms with E-state index in [-0.39, 0.29) is 31.1 Å². The maximum atomic E-state index is 12.9. The molecule has 0 N–H and O–H groups in total. The van der Waals surface area contributed by atoms with Crippen LogP contribution in [0.2, 0.25) is 0 Å². The van der Waals surface area contributed by atoms with Gasteiger partial charge in [0.05, 0.1) is 0 Å². The van der Waals surface area contributed by atoms with Crippen LogP contribution in [0.1, 0.15) is 316 Å². The highest BCUT2D eigenvalue weighted by molar-refractivity contribution is 5.71. The van der Waals surface area contributed by atoms with E-state index in [0.717, 1.165) is 96.3 Å². The van der Waals surface area contributed by atoms with Crippen LogP contribution in [0.3, 0.4) is 0 Å². The molecule has 0 saturated carbocycles. The second-order valence-corrected chi connectivity index (χ2v) is 19.9. The summed E-state index contributed by atoms with van der Waals surface area (Å²) in [5, 5.41) is 0. The molecule has 1 atom stereocenters. The zero-order valence-corrected chi connectivity index (χ0v) is 44.9. The molecule has 0 bridgehead atoms. The molecule has 0 aliphatic rings. The van der Waals surface area contributed by atoms with E-state index in [4.69, 9.17) is 14.2 Å². The molecule has 0 radical (unpaired) electrons. The fourth-order valence-corrected chi connectivity index (χ4v) is 8.75. The summed E-state index contributed by atoms with van der Waals surface area (Å²) in [5.74, 6) is -0.869. The van der Waals surface area contributed by atoms with E-state index >= 15 is 0 Å². The summed E-state index contributed by atoms with van der Waals surface area (Å²) < 4.78 is 16.9. The minimum atomic E-state index is -0.775. The molecule has 0 heterocycles. The molecule has 0 aromatic heterocycles. The molecular weight excluding hydrogens is 829 g/mol. The van der Waals surface area contributed by atoms with Gasteiger partial charge in [-0.3, -0.25) is 14.4 Å². The van der Waals surface area contributed by atoms with Gasteiger partial charge in [-0.05, 0) is 51.4 Å². The van der Waals surface area contributed by atoms with Crippen molar-refractivity contribution in [2.24, 2.45) is 0 Å². The molecule has 0 rings (SSSR count). The zero-order chi connectivity index (χ0) is 48.6. The smallest absolute Gasteiger partial charge is 0.306 e. The highest BCUT2D eigenvalue weighted by Gasteiger charge is 2.19. The van der Waals surface area contributed by atoms with Crippen LogP contribution in [-0.2, 0) is 28.6 Å². The third-order valence-electron chi connectivity index (χ3n) is 13.2. The molecule has 0 unspecified atom stereocenters. The number of allylic oxidation sites excluding steroid dienone is 6. The number of esters is 3. The van der Waals surface area contributed by atoms with Crippen molar-refractivity contribution in [2.45, 2.75) is 322 Å². The standard InChI is InChI=1S/C61H112O6/c1-4-7-10-13-16-19-22-25-28-30-31-34-36-39-42-45-48-51-54-60(63)66-57-58(56-65-59(62)53-50-47-44-41-38-35-32-27-24-21-18-15-12-9-6-3)67-61(64)55-52-49-46-43-40-37-33-29-26-23-20-17-14-11-8-5-2/h9,12,18,21,27,32,58H,4-8,10-11,13-17,19-20,22-26,28-31,33-57H2,1-3H3/b12-9-,21-18-,32-27-/t58-/m1/s1. The monoisotopic (exact) mass is 941 g/mol.